The minimum Gasteiger partial charge on any atom is -0.396 e. The standard InChI is InChI=1S/C14H14ClNO2S/c1-9-8-19-13(12(9)15)14(18)16-11-4-2-10(3-5-11)6-7-17/h2-5,8,17H,6-7H2,1H3,(H,16,18). The Labute approximate surface area is 120 Å². The van der Waals surface area contributed by atoms with Crippen LogP contribution in [0.25, 0.3) is 0 Å². The molecule has 0 radical (unpaired) electrons. The number of aliphatic hydroxyl groups excluding tert-OH is 1. The van der Waals surface area contributed by atoms with Crippen LogP contribution in [0.4, 0.5) is 5.69 Å². The van der Waals surface area contributed by atoms with Crippen LogP contribution in [0, 0.1) is 6.92 Å². The zero-order chi connectivity index (χ0) is 13.8. The van der Waals surface area contributed by atoms with Gasteiger partial charge >= 0.3 is 0 Å². The van der Waals surface area contributed by atoms with E-state index in [1.54, 1.807) is 0 Å². The molecule has 0 aliphatic rings. The second-order valence-corrected chi connectivity index (χ2v) is 5.44. The highest BCUT2D eigenvalue weighted by atomic mass is 35.5. The molecule has 0 bridgehead atoms. The third kappa shape index (κ3) is 3.35. The summed E-state index contributed by atoms with van der Waals surface area (Å²) in [4.78, 5) is 12.6. The van der Waals surface area contributed by atoms with Crippen molar-refractivity contribution < 1.29 is 9.90 Å². The lowest BCUT2D eigenvalue weighted by atomic mass is 10.1. The first-order valence-electron chi connectivity index (χ1n) is 5.86. The Bertz CT molecular complexity index is 578. The molecule has 0 atom stereocenters. The minimum atomic E-state index is -0.196. The van der Waals surface area contributed by atoms with Crippen molar-refractivity contribution in [3.8, 4) is 0 Å². The summed E-state index contributed by atoms with van der Waals surface area (Å²) < 4.78 is 0. The fourth-order valence-corrected chi connectivity index (χ4v) is 2.83. The van der Waals surface area contributed by atoms with Crippen molar-refractivity contribution in [2.75, 3.05) is 11.9 Å². The van der Waals surface area contributed by atoms with Crippen molar-refractivity contribution in [3.05, 3.63) is 50.7 Å². The molecule has 0 saturated carbocycles. The summed E-state index contributed by atoms with van der Waals surface area (Å²) in [6, 6.07) is 7.40. The van der Waals surface area contributed by atoms with Crippen molar-refractivity contribution in [2.24, 2.45) is 0 Å². The lowest BCUT2D eigenvalue weighted by molar-refractivity contribution is 0.103. The molecule has 2 N–H and O–H groups in total. The third-order valence-electron chi connectivity index (χ3n) is 2.72. The van der Waals surface area contributed by atoms with E-state index >= 15 is 0 Å². The number of aliphatic hydroxyl groups is 1. The molecule has 0 saturated heterocycles. The predicted octanol–water partition coefficient (Wildman–Crippen LogP) is 3.50. The molecule has 5 heteroatoms. The fraction of sp³-hybridized carbons (Fsp3) is 0.214. The normalized spacial score (nSPS) is 10.5. The van der Waals surface area contributed by atoms with Crippen molar-refractivity contribution in [2.45, 2.75) is 13.3 Å². The van der Waals surface area contributed by atoms with E-state index in [9.17, 15) is 4.79 Å². The van der Waals surface area contributed by atoms with Crippen LogP contribution in [0.15, 0.2) is 29.6 Å². The largest absolute Gasteiger partial charge is 0.396 e. The SMILES string of the molecule is Cc1csc(C(=O)Nc2ccc(CCO)cc2)c1Cl. The molecule has 3 nitrogen and oxygen atoms in total. The van der Waals surface area contributed by atoms with Crippen molar-refractivity contribution in [1.29, 1.82) is 0 Å². The Morgan fingerprint density at radius 2 is 2.05 bits per heavy atom. The molecule has 0 aliphatic carbocycles. The van der Waals surface area contributed by atoms with Crippen molar-refractivity contribution >= 4 is 34.5 Å². The molecule has 2 aromatic rings. The van der Waals surface area contributed by atoms with E-state index in [2.05, 4.69) is 5.32 Å². The fourth-order valence-electron chi connectivity index (χ4n) is 1.65. The van der Waals surface area contributed by atoms with Crippen LogP contribution < -0.4 is 5.32 Å². The van der Waals surface area contributed by atoms with Gasteiger partial charge in [0, 0.05) is 12.3 Å². The van der Waals surface area contributed by atoms with Gasteiger partial charge in [-0.15, -0.1) is 11.3 Å². The number of nitrogens with one attached hydrogen (secondary N) is 1. The number of aryl methyl sites for hydroxylation is 1. The summed E-state index contributed by atoms with van der Waals surface area (Å²) in [5.74, 6) is -0.196. The lowest BCUT2D eigenvalue weighted by Gasteiger charge is -2.05. The third-order valence-corrected chi connectivity index (χ3v) is 4.41. The van der Waals surface area contributed by atoms with E-state index in [0.717, 1.165) is 11.1 Å². The second kappa shape index (κ2) is 6.19. The maximum absolute atomic E-state index is 12.0. The van der Waals surface area contributed by atoms with E-state index in [1.165, 1.54) is 11.3 Å². The Morgan fingerprint density at radius 3 is 2.58 bits per heavy atom. The Kier molecular flexibility index (Phi) is 4.58. The molecule has 19 heavy (non-hydrogen) atoms. The highest BCUT2D eigenvalue weighted by molar-refractivity contribution is 7.13. The van der Waals surface area contributed by atoms with Gasteiger partial charge in [0.15, 0.2) is 0 Å². The summed E-state index contributed by atoms with van der Waals surface area (Å²) in [7, 11) is 0. The number of thiophene rings is 1. The van der Waals surface area contributed by atoms with Gasteiger partial charge in [-0.25, -0.2) is 0 Å². The minimum absolute atomic E-state index is 0.121. The van der Waals surface area contributed by atoms with Gasteiger partial charge in [0.05, 0.1) is 5.02 Å². The Hall–Kier alpha value is -1.36. The first-order valence-corrected chi connectivity index (χ1v) is 7.12. The Balaban J connectivity index is 2.08. The number of carbonyl (C=O) groups is 1. The van der Waals surface area contributed by atoms with Crippen LogP contribution in [-0.4, -0.2) is 17.6 Å². The van der Waals surface area contributed by atoms with E-state index in [0.29, 0.717) is 22.0 Å². The number of rotatable bonds is 4. The van der Waals surface area contributed by atoms with Gasteiger partial charge < -0.3 is 10.4 Å². The maximum atomic E-state index is 12.0. The van der Waals surface area contributed by atoms with Crippen LogP contribution in [-0.2, 0) is 6.42 Å². The molecule has 0 unspecified atom stereocenters. The monoisotopic (exact) mass is 295 g/mol. The highest BCUT2D eigenvalue weighted by Gasteiger charge is 2.14. The van der Waals surface area contributed by atoms with Crippen LogP contribution in [0.5, 0.6) is 0 Å². The topological polar surface area (TPSA) is 49.3 Å². The number of amides is 1. The second-order valence-electron chi connectivity index (χ2n) is 4.19. The molecule has 1 aromatic heterocycles. The quantitative estimate of drug-likeness (QED) is 0.907. The van der Waals surface area contributed by atoms with Crippen molar-refractivity contribution in [1.82, 2.24) is 0 Å². The lowest BCUT2D eigenvalue weighted by Crippen LogP contribution is -2.10. The zero-order valence-electron chi connectivity index (χ0n) is 10.4. The van der Waals surface area contributed by atoms with Gasteiger partial charge in [-0.3, -0.25) is 4.79 Å². The number of hydrogen-bond acceptors (Lipinski definition) is 3. The van der Waals surface area contributed by atoms with E-state index in [1.807, 2.05) is 36.6 Å². The molecule has 1 aromatic carbocycles. The van der Waals surface area contributed by atoms with Crippen LogP contribution >= 0.6 is 22.9 Å². The van der Waals surface area contributed by atoms with E-state index in [4.69, 9.17) is 16.7 Å². The van der Waals surface area contributed by atoms with Gasteiger partial charge in [0.1, 0.15) is 4.88 Å². The van der Waals surface area contributed by atoms with Gasteiger partial charge in [0.25, 0.3) is 5.91 Å². The molecule has 100 valence electrons. The molecule has 0 spiro atoms. The van der Waals surface area contributed by atoms with Crippen LogP contribution in [0.3, 0.4) is 0 Å². The first-order chi connectivity index (χ1) is 9.11. The number of halogens is 1. The van der Waals surface area contributed by atoms with Crippen LogP contribution in [0.1, 0.15) is 20.8 Å². The number of carbonyl (C=O) groups excluding carboxylic acids is 1. The summed E-state index contributed by atoms with van der Waals surface area (Å²) in [5.41, 5.74) is 2.66. The highest BCUT2D eigenvalue weighted by Crippen LogP contribution is 2.27. The summed E-state index contributed by atoms with van der Waals surface area (Å²) in [5, 5.41) is 14.0. The molecule has 0 fully saturated rings. The van der Waals surface area contributed by atoms with Gasteiger partial charge in [0.2, 0.25) is 0 Å². The summed E-state index contributed by atoms with van der Waals surface area (Å²) >= 11 is 7.40. The predicted molar refractivity (Wildman–Crippen MR) is 79.3 cm³/mol. The molecule has 1 amide bonds. The summed E-state index contributed by atoms with van der Waals surface area (Å²) in [6.07, 6.45) is 0.615. The average molecular weight is 296 g/mol. The number of anilines is 1. The first kappa shape index (κ1) is 14.1. The molecule has 0 aliphatic heterocycles. The maximum Gasteiger partial charge on any atom is 0.267 e. The molecular weight excluding hydrogens is 282 g/mol. The number of benzene rings is 1. The van der Waals surface area contributed by atoms with Crippen LogP contribution in [0.2, 0.25) is 5.02 Å². The summed E-state index contributed by atoms with van der Waals surface area (Å²) in [6.45, 7) is 2.00. The van der Waals surface area contributed by atoms with E-state index in [-0.39, 0.29) is 12.5 Å². The number of hydrogen-bond donors (Lipinski definition) is 2. The smallest absolute Gasteiger partial charge is 0.267 e. The van der Waals surface area contributed by atoms with Crippen molar-refractivity contribution in [3.63, 3.8) is 0 Å². The molecule has 1 heterocycles. The van der Waals surface area contributed by atoms with Gasteiger partial charge in [-0.05, 0) is 42.0 Å². The van der Waals surface area contributed by atoms with Gasteiger partial charge in [-0.1, -0.05) is 23.7 Å². The Morgan fingerprint density at radius 1 is 1.37 bits per heavy atom. The molecular formula is C14H14ClNO2S. The average Bonchev–Trinajstić information content (AvgIpc) is 2.73. The zero-order valence-corrected chi connectivity index (χ0v) is 12.0. The van der Waals surface area contributed by atoms with Gasteiger partial charge in [-0.2, -0.15) is 0 Å². The van der Waals surface area contributed by atoms with E-state index < -0.39 is 0 Å². The molecule has 2 rings (SSSR count).